The molecule has 4 nitrogen and oxygen atoms in total. The molecule has 1 aliphatic heterocycles. The molecule has 1 heterocycles. The summed E-state index contributed by atoms with van der Waals surface area (Å²) in [6.45, 7) is 0. The van der Waals surface area contributed by atoms with E-state index in [1.807, 2.05) is 0 Å². The smallest absolute Gasteiger partial charge is 0.362 e. The Hall–Kier alpha value is -1.41. The number of carbonyl (C=O) groups excluding carboxylic acids is 1. The highest BCUT2D eigenvalue weighted by atomic mass is 79.9. The Kier molecular flexibility index (Phi) is 3.40. The fourth-order valence-corrected chi connectivity index (χ4v) is 1.87. The SMILES string of the molecule is O=C(c1ccc(Br)cc1)N1N=CC[C@]1(O)C(F)(F)F. The third-order valence-electron chi connectivity index (χ3n) is 2.66. The Labute approximate surface area is 114 Å². The van der Waals surface area contributed by atoms with E-state index in [0.29, 0.717) is 4.47 Å². The van der Waals surface area contributed by atoms with Crippen molar-refractivity contribution >= 4 is 28.1 Å². The van der Waals surface area contributed by atoms with Crippen LogP contribution in [0, 0.1) is 0 Å². The first-order chi connectivity index (χ1) is 8.75. The van der Waals surface area contributed by atoms with E-state index in [1.165, 1.54) is 24.3 Å². The summed E-state index contributed by atoms with van der Waals surface area (Å²) in [5.41, 5.74) is -3.28. The van der Waals surface area contributed by atoms with Crippen LogP contribution in [0.1, 0.15) is 16.8 Å². The Morgan fingerprint density at radius 3 is 2.47 bits per heavy atom. The number of amides is 1. The maximum Gasteiger partial charge on any atom is 0.438 e. The van der Waals surface area contributed by atoms with E-state index < -0.39 is 24.2 Å². The lowest BCUT2D eigenvalue weighted by molar-refractivity contribution is -0.297. The van der Waals surface area contributed by atoms with Gasteiger partial charge in [-0.3, -0.25) is 4.79 Å². The summed E-state index contributed by atoms with van der Waals surface area (Å²) in [6.07, 6.45) is -4.89. The van der Waals surface area contributed by atoms with E-state index in [2.05, 4.69) is 21.0 Å². The number of hydrazone groups is 1. The molecule has 0 spiro atoms. The number of rotatable bonds is 1. The number of hydrogen-bond acceptors (Lipinski definition) is 3. The van der Waals surface area contributed by atoms with Crippen LogP contribution < -0.4 is 0 Å². The van der Waals surface area contributed by atoms with Gasteiger partial charge in [0.2, 0.25) is 0 Å². The van der Waals surface area contributed by atoms with Gasteiger partial charge in [0.05, 0.1) is 0 Å². The van der Waals surface area contributed by atoms with Gasteiger partial charge < -0.3 is 5.11 Å². The van der Waals surface area contributed by atoms with E-state index in [0.717, 1.165) is 6.21 Å². The van der Waals surface area contributed by atoms with Crippen molar-refractivity contribution in [2.45, 2.75) is 18.3 Å². The quantitative estimate of drug-likeness (QED) is 0.856. The second kappa shape index (κ2) is 4.61. The lowest BCUT2D eigenvalue weighted by Gasteiger charge is -2.32. The van der Waals surface area contributed by atoms with Crippen molar-refractivity contribution in [3.8, 4) is 0 Å². The number of halogens is 4. The number of aliphatic hydroxyl groups is 1. The average molecular weight is 337 g/mol. The third kappa shape index (κ3) is 2.37. The van der Waals surface area contributed by atoms with E-state index in [4.69, 9.17) is 0 Å². The van der Waals surface area contributed by atoms with E-state index in [9.17, 15) is 23.1 Å². The van der Waals surface area contributed by atoms with Gasteiger partial charge in [-0.2, -0.15) is 23.3 Å². The number of carbonyl (C=O) groups is 1. The molecule has 0 saturated heterocycles. The van der Waals surface area contributed by atoms with Gasteiger partial charge in [-0.25, -0.2) is 0 Å². The molecule has 0 saturated carbocycles. The van der Waals surface area contributed by atoms with Crippen LogP contribution in [-0.2, 0) is 0 Å². The molecule has 0 aromatic heterocycles. The molecule has 1 amide bonds. The second-order valence-electron chi connectivity index (χ2n) is 3.94. The Morgan fingerprint density at radius 2 is 1.95 bits per heavy atom. The zero-order valence-electron chi connectivity index (χ0n) is 9.36. The zero-order chi connectivity index (χ0) is 14.3. The van der Waals surface area contributed by atoms with Crippen molar-refractivity contribution in [2.75, 3.05) is 0 Å². The van der Waals surface area contributed by atoms with Crippen LogP contribution in [0.3, 0.4) is 0 Å². The van der Waals surface area contributed by atoms with Crippen LogP contribution in [-0.4, -0.2) is 34.1 Å². The standard InChI is InChI=1S/C11H8BrF3N2O2/c12-8-3-1-7(2-4-8)9(18)17-10(19,5-6-16-17)11(13,14)15/h1-4,6,19H,5H2/t10-/m0/s1. The molecule has 1 N–H and O–H groups in total. The van der Waals surface area contributed by atoms with Crippen LogP contribution in [0.5, 0.6) is 0 Å². The van der Waals surface area contributed by atoms with Gasteiger partial charge in [-0.1, -0.05) is 15.9 Å². The van der Waals surface area contributed by atoms with Gasteiger partial charge in [0.1, 0.15) is 0 Å². The summed E-state index contributed by atoms with van der Waals surface area (Å²) < 4.78 is 39.1. The monoisotopic (exact) mass is 336 g/mol. The molecule has 1 aromatic carbocycles. The van der Waals surface area contributed by atoms with E-state index in [1.54, 1.807) is 0 Å². The number of nitrogens with zero attached hydrogens (tertiary/aromatic N) is 2. The molecule has 1 atom stereocenters. The van der Waals surface area contributed by atoms with Crippen LogP contribution in [0.15, 0.2) is 33.8 Å². The summed E-state index contributed by atoms with van der Waals surface area (Å²) in [4.78, 5) is 12.0. The van der Waals surface area contributed by atoms with Crippen LogP contribution in [0.4, 0.5) is 13.2 Å². The van der Waals surface area contributed by atoms with Gasteiger partial charge >= 0.3 is 6.18 Å². The van der Waals surface area contributed by atoms with Crippen LogP contribution >= 0.6 is 15.9 Å². The molecule has 0 fully saturated rings. The summed E-state index contributed by atoms with van der Waals surface area (Å²) in [5.74, 6) is -1.01. The summed E-state index contributed by atoms with van der Waals surface area (Å²) in [7, 11) is 0. The summed E-state index contributed by atoms with van der Waals surface area (Å²) in [6, 6.07) is 5.72. The Bertz CT molecular complexity index is 530. The normalized spacial score (nSPS) is 22.9. The second-order valence-corrected chi connectivity index (χ2v) is 4.86. The molecular formula is C11H8BrF3N2O2. The van der Waals surface area contributed by atoms with Gasteiger partial charge in [0, 0.05) is 22.7 Å². The van der Waals surface area contributed by atoms with Crippen molar-refractivity contribution < 1.29 is 23.1 Å². The molecule has 8 heteroatoms. The molecule has 0 bridgehead atoms. The van der Waals surface area contributed by atoms with Crippen molar-refractivity contribution in [1.29, 1.82) is 0 Å². The molecule has 0 aliphatic carbocycles. The summed E-state index contributed by atoms with van der Waals surface area (Å²) in [5, 5.41) is 13.0. The average Bonchev–Trinajstić information content (AvgIpc) is 2.72. The van der Waals surface area contributed by atoms with E-state index in [-0.39, 0.29) is 10.6 Å². The molecule has 102 valence electrons. The minimum absolute atomic E-state index is 0.00456. The van der Waals surface area contributed by atoms with Crippen molar-refractivity contribution in [3.63, 3.8) is 0 Å². The van der Waals surface area contributed by atoms with Gasteiger partial charge in [0.15, 0.2) is 0 Å². The zero-order valence-corrected chi connectivity index (χ0v) is 10.9. The lowest BCUT2D eigenvalue weighted by atomic mass is 10.1. The highest BCUT2D eigenvalue weighted by Gasteiger charge is 2.61. The van der Waals surface area contributed by atoms with Gasteiger partial charge in [-0.05, 0) is 24.3 Å². The number of hydrogen-bond donors (Lipinski definition) is 1. The highest BCUT2D eigenvalue weighted by Crippen LogP contribution is 2.39. The number of alkyl halides is 3. The van der Waals surface area contributed by atoms with Gasteiger partial charge in [-0.15, -0.1) is 0 Å². The van der Waals surface area contributed by atoms with Crippen molar-refractivity contribution in [3.05, 3.63) is 34.3 Å². The highest BCUT2D eigenvalue weighted by molar-refractivity contribution is 9.10. The molecule has 1 aromatic rings. The fraction of sp³-hybridized carbons (Fsp3) is 0.273. The van der Waals surface area contributed by atoms with Crippen molar-refractivity contribution in [2.24, 2.45) is 5.10 Å². The molecular weight excluding hydrogens is 329 g/mol. The largest absolute Gasteiger partial charge is 0.438 e. The first-order valence-electron chi connectivity index (χ1n) is 5.17. The fourth-order valence-electron chi connectivity index (χ4n) is 1.60. The predicted molar refractivity (Wildman–Crippen MR) is 64.4 cm³/mol. The Balaban J connectivity index is 2.33. The molecule has 0 radical (unpaired) electrons. The maximum absolute atomic E-state index is 12.8. The van der Waals surface area contributed by atoms with Crippen molar-refractivity contribution in [1.82, 2.24) is 5.01 Å². The van der Waals surface area contributed by atoms with Crippen LogP contribution in [0.2, 0.25) is 0 Å². The summed E-state index contributed by atoms with van der Waals surface area (Å²) >= 11 is 3.15. The Morgan fingerprint density at radius 1 is 1.37 bits per heavy atom. The number of benzene rings is 1. The van der Waals surface area contributed by atoms with E-state index >= 15 is 0 Å². The molecule has 0 unspecified atom stereocenters. The maximum atomic E-state index is 12.8. The van der Waals surface area contributed by atoms with Gasteiger partial charge in [0.25, 0.3) is 11.6 Å². The third-order valence-corrected chi connectivity index (χ3v) is 3.19. The molecule has 2 rings (SSSR count). The minimum Gasteiger partial charge on any atom is -0.362 e. The first-order valence-corrected chi connectivity index (χ1v) is 5.97. The lowest BCUT2D eigenvalue weighted by Crippen LogP contribution is -2.56. The minimum atomic E-state index is -4.98. The first kappa shape index (κ1) is 14.0. The molecule has 19 heavy (non-hydrogen) atoms. The topological polar surface area (TPSA) is 52.9 Å². The predicted octanol–water partition coefficient (Wildman–Crippen LogP) is 2.53. The molecule has 1 aliphatic rings. The van der Waals surface area contributed by atoms with Crippen LogP contribution in [0.25, 0.3) is 0 Å².